The highest BCUT2D eigenvalue weighted by molar-refractivity contribution is 6.30. The number of benzene rings is 1. The van der Waals surface area contributed by atoms with Crippen LogP contribution in [0, 0.1) is 5.92 Å². The summed E-state index contributed by atoms with van der Waals surface area (Å²) in [5.41, 5.74) is 0.724. The Morgan fingerprint density at radius 3 is 2.50 bits per heavy atom. The first-order valence-corrected chi connectivity index (χ1v) is 8.29. The normalized spacial score (nSPS) is 16.3. The summed E-state index contributed by atoms with van der Waals surface area (Å²) >= 11 is 5.97. The summed E-state index contributed by atoms with van der Waals surface area (Å²) in [7, 11) is 0. The summed E-state index contributed by atoms with van der Waals surface area (Å²) in [5, 5.41) is 3.23. The van der Waals surface area contributed by atoms with Crippen LogP contribution in [0.4, 0.5) is 5.69 Å². The molecule has 0 aromatic heterocycles. The lowest BCUT2D eigenvalue weighted by molar-refractivity contribution is -0.141. The van der Waals surface area contributed by atoms with E-state index in [1.54, 1.807) is 23.1 Å². The first-order chi connectivity index (χ1) is 11.3. The largest absolute Gasteiger partial charge is 0.344 e. The van der Waals surface area contributed by atoms with Gasteiger partial charge in [-0.25, -0.2) is 0 Å². The van der Waals surface area contributed by atoms with Crippen molar-refractivity contribution in [1.82, 2.24) is 10.2 Å². The lowest BCUT2D eigenvalue weighted by Gasteiger charge is -2.36. The van der Waals surface area contributed by atoms with E-state index in [1.807, 2.05) is 19.9 Å². The van der Waals surface area contributed by atoms with Crippen molar-refractivity contribution < 1.29 is 14.4 Å². The quantitative estimate of drug-likeness (QED) is 0.897. The minimum absolute atomic E-state index is 0.00580. The fourth-order valence-corrected chi connectivity index (χ4v) is 2.89. The van der Waals surface area contributed by atoms with Gasteiger partial charge in [-0.3, -0.25) is 14.4 Å². The lowest BCUT2D eigenvalue weighted by atomic mass is 10.0. The third kappa shape index (κ3) is 4.26. The van der Waals surface area contributed by atoms with E-state index in [0.29, 0.717) is 18.1 Å². The first-order valence-electron chi connectivity index (χ1n) is 7.91. The molecule has 0 spiro atoms. The number of nitrogens with one attached hydrogen (secondary N) is 1. The molecule has 24 heavy (non-hydrogen) atoms. The molecule has 0 saturated carbocycles. The Labute approximate surface area is 146 Å². The molecular formula is C17H22ClN3O3. The molecule has 0 unspecified atom stereocenters. The van der Waals surface area contributed by atoms with Gasteiger partial charge in [0.25, 0.3) is 0 Å². The van der Waals surface area contributed by atoms with Gasteiger partial charge in [-0.15, -0.1) is 0 Å². The number of halogens is 1. The number of nitrogens with zero attached hydrogens (tertiary/aromatic N) is 2. The average molecular weight is 352 g/mol. The van der Waals surface area contributed by atoms with E-state index in [1.165, 1.54) is 11.8 Å². The van der Waals surface area contributed by atoms with E-state index in [0.717, 1.165) is 5.69 Å². The SMILES string of the molecule is CC(=O)N[C@H](C(=O)N1CCN(c2cccc(Cl)c2)C(=O)C1)C(C)C. The molecule has 1 N–H and O–H groups in total. The van der Waals surface area contributed by atoms with Crippen LogP contribution in [0.3, 0.4) is 0 Å². The van der Waals surface area contributed by atoms with Gasteiger partial charge in [0.05, 0.1) is 0 Å². The van der Waals surface area contributed by atoms with Crippen molar-refractivity contribution in [2.45, 2.75) is 26.8 Å². The van der Waals surface area contributed by atoms with E-state index in [2.05, 4.69) is 5.32 Å². The Balaban J connectivity index is 2.08. The molecule has 1 saturated heterocycles. The minimum atomic E-state index is -0.618. The zero-order valence-electron chi connectivity index (χ0n) is 14.1. The number of carbonyl (C=O) groups excluding carboxylic acids is 3. The minimum Gasteiger partial charge on any atom is -0.344 e. The highest BCUT2D eigenvalue weighted by atomic mass is 35.5. The van der Waals surface area contributed by atoms with Gasteiger partial charge in [0.15, 0.2) is 0 Å². The molecule has 130 valence electrons. The molecule has 1 aromatic rings. The third-order valence-corrected chi connectivity index (χ3v) is 4.18. The number of carbonyl (C=O) groups is 3. The zero-order chi connectivity index (χ0) is 17.9. The van der Waals surface area contributed by atoms with E-state index < -0.39 is 6.04 Å². The number of anilines is 1. The van der Waals surface area contributed by atoms with Crippen molar-refractivity contribution in [2.24, 2.45) is 5.92 Å². The molecule has 1 aromatic carbocycles. The molecule has 1 aliphatic rings. The van der Waals surface area contributed by atoms with Crippen molar-refractivity contribution in [3.8, 4) is 0 Å². The Hall–Kier alpha value is -2.08. The van der Waals surface area contributed by atoms with Gasteiger partial charge in [-0.1, -0.05) is 31.5 Å². The Bertz CT molecular complexity index is 648. The molecule has 3 amide bonds. The van der Waals surface area contributed by atoms with E-state index in [-0.39, 0.29) is 30.2 Å². The second kappa shape index (κ2) is 7.66. The second-order valence-electron chi connectivity index (χ2n) is 6.21. The van der Waals surface area contributed by atoms with Gasteiger partial charge in [0.1, 0.15) is 12.6 Å². The fraction of sp³-hybridized carbons (Fsp3) is 0.471. The average Bonchev–Trinajstić information content (AvgIpc) is 2.51. The number of hydrogen-bond donors (Lipinski definition) is 1. The zero-order valence-corrected chi connectivity index (χ0v) is 14.8. The highest BCUT2D eigenvalue weighted by Crippen LogP contribution is 2.22. The number of amides is 3. The second-order valence-corrected chi connectivity index (χ2v) is 6.64. The summed E-state index contributed by atoms with van der Waals surface area (Å²) in [4.78, 5) is 39.5. The summed E-state index contributed by atoms with van der Waals surface area (Å²) in [6, 6.07) is 6.46. The van der Waals surface area contributed by atoms with Crippen molar-refractivity contribution in [3.63, 3.8) is 0 Å². The molecular weight excluding hydrogens is 330 g/mol. The number of piperazine rings is 1. The molecule has 1 heterocycles. The van der Waals surface area contributed by atoms with Crippen LogP contribution >= 0.6 is 11.6 Å². The molecule has 0 aliphatic carbocycles. The van der Waals surface area contributed by atoms with E-state index in [9.17, 15) is 14.4 Å². The summed E-state index contributed by atoms with van der Waals surface area (Å²) < 4.78 is 0. The van der Waals surface area contributed by atoms with Gasteiger partial charge < -0.3 is 15.1 Å². The van der Waals surface area contributed by atoms with E-state index in [4.69, 9.17) is 11.6 Å². The molecule has 7 heteroatoms. The van der Waals surface area contributed by atoms with Gasteiger partial charge in [-0.2, -0.15) is 0 Å². The topological polar surface area (TPSA) is 69.7 Å². The Morgan fingerprint density at radius 2 is 1.96 bits per heavy atom. The Kier molecular flexibility index (Phi) is 5.83. The molecule has 1 fully saturated rings. The number of hydrogen-bond acceptors (Lipinski definition) is 3. The van der Waals surface area contributed by atoms with Crippen molar-refractivity contribution in [2.75, 3.05) is 24.5 Å². The van der Waals surface area contributed by atoms with Crippen LogP contribution in [0.2, 0.25) is 5.02 Å². The van der Waals surface area contributed by atoms with Gasteiger partial charge in [0.2, 0.25) is 17.7 Å². The van der Waals surface area contributed by atoms with Gasteiger partial charge in [0, 0.05) is 30.7 Å². The van der Waals surface area contributed by atoms with Crippen LogP contribution in [-0.4, -0.2) is 48.3 Å². The molecule has 1 atom stereocenters. The fourth-order valence-electron chi connectivity index (χ4n) is 2.71. The van der Waals surface area contributed by atoms with Crippen LogP contribution in [-0.2, 0) is 14.4 Å². The Morgan fingerprint density at radius 1 is 1.25 bits per heavy atom. The maximum atomic E-state index is 12.6. The first kappa shape index (κ1) is 18.3. The van der Waals surface area contributed by atoms with Crippen molar-refractivity contribution >= 4 is 35.0 Å². The van der Waals surface area contributed by atoms with Crippen LogP contribution in [0.25, 0.3) is 0 Å². The maximum absolute atomic E-state index is 12.6. The highest BCUT2D eigenvalue weighted by Gasteiger charge is 2.33. The van der Waals surface area contributed by atoms with Crippen LogP contribution in [0.5, 0.6) is 0 Å². The number of rotatable bonds is 4. The summed E-state index contributed by atoms with van der Waals surface area (Å²) in [6.45, 7) is 5.92. The smallest absolute Gasteiger partial charge is 0.246 e. The monoisotopic (exact) mass is 351 g/mol. The standard InChI is InChI=1S/C17H22ClN3O3/c1-11(2)16(19-12(3)22)17(24)20-7-8-21(15(23)10-20)14-6-4-5-13(18)9-14/h4-6,9,11,16H,7-8,10H2,1-3H3,(H,19,22)/t16-/m0/s1. The van der Waals surface area contributed by atoms with Crippen LogP contribution < -0.4 is 10.2 Å². The van der Waals surface area contributed by atoms with Gasteiger partial charge in [-0.05, 0) is 24.1 Å². The predicted octanol–water partition coefficient (Wildman–Crippen LogP) is 1.68. The lowest BCUT2D eigenvalue weighted by Crippen LogP contribution is -2.58. The third-order valence-electron chi connectivity index (χ3n) is 3.94. The van der Waals surface area contributed by atoms with Crippen LogP contribution in [0.1, 0.15) is 20.8 Å². The van der Waals surface area contributed by atoms with Gasteiger partial charge >= 0.3 is 0 Å². The summed E-state index contributed by atoms with van der Waals surface area (Å²) in [6.07, 6.45) is 0. The molecule has 0 bridgehead atoms. The molecule has 1 aliphatic heterocycles. The van der Waals surface area contributed by atoms with Crippen molar-refractivity contribution in [3.05, 3.63) is 29.3 Å². The molecule has 0 radical (unpaired) electrons. The molecule has 6 nitrogen and oxygen atoms in total. The summed E-state index contributed by atoms with van der Waals surface area (Å²) in [5.74, 6) is -0.699. The maximum Gasteiger partial charge on any atom is 0.246 e. The van der Waals surface area contributed by atoms with Crippen LogP contribution in [0.15, 0.2) is 24.3 Å². The van der Waals surface area contributed by atoms with E-state index >= 15 is 0 Å². The molecule has 2 rings (SSSR count). The van der Waals surface area contributed by atoms with Crippen molar-refractivity contribution in [1.29, 1.82) is 0 Å². The predicted molar refractivity (Wildman–Crippen MR) is 92.8 cm³/mol.